The van der Waals surface area contributed by atoms with Crippen LogP contribution in [0.2, 0.25) is 0 Å². The number of nitrogens with zero attached hydrogens (tertiary/aromatic N) is 2. The number of aliphatic hydroxyl groups is 2. The van der Waals surface area contributed by atoms with Crippen LogP contribution in [-0.2, 0) is 28.2 Å². The number of carbonyl (C=O) groups excluding carboxylic acids is 2. The topological polar surface area (TPSA) is 81.1 Å². The van der Waals surface area contributed by atoms with E-state index in [0.29, 0.717) is 24.1 Å². The molecule has 190 valence electrons. The normalized spacial score (nSPS) is 19.9. The lowest BCUT2D eigenvalue weighted by Crippen LogP contribution is -2.44. The lowest BCUT2D eigenvalue weighted by Gasteiger charge is -2.30. The Labute approximate surface area is 225 Å². The van der Waals surface area contributed by atoms with Crippen molar-refractivity contribution in [1.82, 2.24) is 0 Å². The number of anilines is 3. The summed E-state index contributed by atoms with van der Waals surface area (Å²) >= 11 is 3.48. The van der Waals surface area contributed by atoms with Gasteiger partial charge in [-0.3, -0.25) is 14.5 Å². The molecule has 0 aliphatic carbocycles. The second-order valence-electron chi connectivity index (χ2n) is 9.58. The standard InChI is InChI=1S/C30H29BrN2O4/c1-20(7-4-5-16-34)30(37)25-18-23(31)13-14-27(25)32(29(30)36)19-21-8-6-10-24(17-21)33-26-11-3-2-9-22(26)12-15-28(33)35/h2-4,6-11,13-14,17-18,20,34,37H,5,12,15-16,19H2,1H3/b7-4+/t20-,30+/m0/s1. The molecule has 2 amide bonds. The SMILES string of the molecule is C[C@@H](/C=C/CCO)[C@]1(O)C(=O)N(Cc2cccc(N3C(=O)CCc4ccccc43)c2)c2ccc(Br)cc21. The molecule has 0 bridgehead atoms. The molecule has 0 aromatic heterocycles. The first-order valence-corrected chi connectivity index (χ1v) is 13.3. The minimum Gasteiger partial charge on any atom is -0.396 e. The van der Waals surface area contributed by atoms with E-state index < -0.39 is 17.4 Å². The number of fused-ring (bicyclic) bond motifs is 2. The molecule has 0 unspecified atom stereocenters. The lowest BCUT2D eigenvalue weighted by molar-refractivity contribution is -0.139. The molecule has 0 spiro atoms. The third-order valence-corrected chi connectivity index (χ3v) is 7.70. The van der Waals surface area contributed by atoms with Gasteiger partial charge in [0.05, 0.1) is 17.9 Å². The molecule has 2 aliphatic heterocycles. The van der Waals surface area contributed by atoms with Crippen molar-refractivity contribution in [3.8, 4) is 0 Å². The summed E-state index contributed by atoms with van der Waals surface area (Å²) in [5.74, 6) is -0.855. The fraction of sp³-hybridized carbons (Fsp3) is 0.267. The summed E-state index contributed by atoms with van der Waals surface area (Å²) in [6.45, 7) is 2.06. The number of hydrogen-bond acceptors (Lipinski definition) is 4. The number of halogens is 1. The summed E-state index contributed by atoms with van der Waals surface area (Å²) in [4.78, 5) is 30.1. The molecule has 3 aromatic carbocycles. The van der Waals surface area contributed by atoms with Gasteiger partial charge >= 0.3 is 0 Å². The number of aryl methyl sites for hydroxylation is 1. The van der Waals surface area contributed by atoms with Crippen LogP contribution >= 0.6 is 15.9 Å². The third kappa shape index (κ3) is 4.52. The maximum absolute atomic E-state index is 13.8. The van der Waals surface area contributed by atoms with Crippen LogP contribution in [0, 0.1) is 5.92 Å². The Morgan fingerprint density at radius 1 is 1.03 bits per heavy atom. The Kier molecular flexibility index (Phi) is 7.03. The minimum absolute atomic E-state index is 0.00416. The summed E-state index contributed by atoms with van der Waals surface area (Å²) in [6.07, 6.45) is 5.19. The fourth-order valence-corrected chi connectivity index (χ4v) is 5.64. The van der Waals surface area contributed by atoms with Gasteiger partial charge < -0.3 is 15.1 Å². The first kappa shape index (κ1) is 25.4. The number of hydrogen-bond donors (Lipinski definition) is 2. The number of aliphatic hydroxyl groups excluding tert-OH is 1. The Bertz CT molecular complexity index is 1390. The summed E-state index contributed by atoms with van der Waals surface area (Å²) < 4.78 is 0.773. The molecule has 7 heteroatoms. The largest absolute Gasteiger partial charge is 0.396 e. The molecule has 2 N–H and O–H groups in total. The average molecular weight is 561 g/mol. The molecular formula is C30H29BrN2O4. The highest BCUT2D eigenvalue weighted by molar-refractivity contribution is 9.10. The number of benzene rings is 3. The number of amides is 2. The molecule has 0 radical (unpaired) electrons. The zero-order valence-corrected chi connectivity index (χ0v) is 22.2. The Hall–Kier alpha value is -3.26. The average Bonchev–Trinajstić information content (AvgIpc) is 3.11. The molecule has 0 saturated carbocycles. The predicted molar refractivity (Wildman–Crippen MR) is 148 cm³/mol. The van der Waals surface area contributed by atoms with E-state index in [1.165, 1.54) is 0 Å². The maximum atomic E-state index is 13.8. The molecule has 0 fully saturated rings. The second kappa shape index (κ2) is 10.2. The quantitative estimate of drug-likeness (QED) is 0.381. The predicted octanol–water partition coefficient (Wildman–Crippen LogP) is 5.37. The molecule has 5 rings (SSSR count). The van der Waals surface area contributed by atoms with E-state index >= 15 is 0 Å². The van der Waals surface area contributed by atoms with Crippen LogP contribution in [0.4, 0.5) is 17.1 Å². The van der Waals surface area contributed by atoms with Gasteiger partial charge in [-0.15, -0.1) is 0 Å². The van der Waals surface area contributed by atoms with Crippen molar-refractivity contribution < 1.29 is 19.8 Å². The smallest absolute Gasteiger partial charge is 0.264 e. The van der Waals surface area contributed by atoms with Crippen LogP contribution in [0.25, 0.3) is 0 Å². The van der Waals surface area contributed by atoms with Crippen molar-refractivity contribution in [3.05, 3.63) is 100 Å². The van der Waals surface area contributed by atoms with Gasteiger partial charge in [0.1, 0.15) is 0 Å². The molecule has 3 aromatic rings. The first-order valence-electron chi connectivity index (χ1n) is 12.5. The third-order valence-electron chi connectivity index (χ3n) is 7.21. The number of carbonyl (C=O) groups is 2. The van der Waals surface area contributed by atoms with Crippen molar-refractivity contribution in [1.29, 1.82) is 0 Å². The first-order chi connectivity index (χ1) is 17.8. The van der Waals surface area contributed by atoms with Gasteiger partial charge in [0.25, 0.3) is 5.91 Å². The van der Waals surface area contributed by atoms with Gasteiger partial charge in [-0.25, -0.2) is 0 Å². The van der Waals surface area contributed by atoms with Gasteiger partial charge in [-0.1, -0.05) is 65.3 Å². The van der Waals surface area contributed by atoms with E-state index in [4.69, 9.17) is 5.11 Å². The van der Waals surface area contributed by atoms with Gasteiger partial charge in [0.2, 0.25) is 5.91 Å². The number of rotatable bonds is 7. The molecule has 2 atom stereocenters. The van der Waals surface area contributed by atoms with Crippen molar-refractivity contribution >= 4 is 44.8 Å². The van der Waals surface area contributed by atoms with Crippen LogP contribution in [0.15, 0.2) is 83.4 Å². The summed E-state index contributed by atoms with van der Waals surface area (Å²) in [5, 5.41) is 20.9. The van der Waals surface area contributed by atoms with Crippen LogP contribution in [0.3, 0.4) is 0 Å². The van der Waals surface area contributed by atoms with Crippen LogP contribution in [0.1, 0.15) is 36.5 Å². The van der Waals surface area contributed by atoms with Crippen molar-refractivity contribution in [3.63, 3.8) is 0 Å². The van der Waals surface area contributed by atoms with Gasteiger partial charge in [-0.05, 0) is 60.4 Å². The molecule has 2 aliphatic rings. The Balaban J connectivity index is 1.49. The highest BCUT2D eigenvalue weighted by Gasteiger charge is 2.52. The minimum atomic E-state index is -1.73. The molecular weight excluding hydrogens is 532 g/mol. The molecule has 0 saturated heterocycles. The lowest BCUT2D eigenvalue weighted by atomic mass is 9.83. The van der Waals surface area contributed by atoms with Crippen molar-refractivity contribution in [2.45, 2.75) is 38.3 Å². The van der Waals surface area contributed by atoms with Crippen LogP contribution < -0.4 is 9.80 Å². The summed E-state index contributed by atoms with van der Waals surface area (Å²) in [5.41, 5.74) is 3.10. The Morgan fingerprint density at radius 2 is 1.84 bits per heavy atom. The van der Waals surface area contributed by atoms with E-state index in [1.54, 1.807) is 34.9 Å². The van der Waals surface area contributed by atoms with E-state index in [9.17, 15) is 14.7 Å². The zero-order chi connectivity index (χ0) is 26.2. The van der Waals surface area contributed by atoms with E-state index in [1.807, 2.05) is 60.7 Å². The highest BCUT2D eigenvalue weighted by atomic mass is 79.9. The van der Waals surface area contributed by atoms with E-state index in [0.717, 1.165) is 33.4 Å². The van der Waals surface area contributed by atoms with E-state index in [2.05, 4.69) is 15.9 Å². The maximum Gasteiger partial charge on any atom is 0.264 e. The van der Waals surface area contributed by atoms with Gasteiger partial charge in [0.15, 0.2) is 5.60 Å². The Morgan fingerprint density at radius 3 is 2.65 bits per heavy atom. The van der Waals surface area contributed by atoms with Crippen LogP contribution in [-0.4, -0.2) is 28.6 Å². The molecule has 2 heterocycles. The fourth-order valence-electron chi connectivity index (χ4n) is 5.28. The summed E-state index contributed by atoms with van der Waals surface area (Å²) in [7, 11) is 0. The van der Waals surface area contributed by atoms with Gasteiger partial charge in [-0.2, -0.15) is 0 Å². The molecule has 37 heavy (non-hydrogen) atoms. The zero-order valence-electron chi connectivity index (χ0n) is 20.6. The van der Waals surface area contributed by atoms with Crippen molar-refractivity contribution in [2.24, 2.45) is 5.92 Å². The second-order valence-corrected chi connectivity index (χ2v) is 10.5. The molecule has 6 nitrogen and oxygen atoms in total. The number of para-hydroxylation sites is 1. The summed E-state index contributed by atoms with van der Waals surface area (Å²) in [6, 6.07) is 21.1. The van der Waals surface area contributed by atoms with Crippen LogP contribution in [0.5, 0.6) is 0 Å². The monoisotopic (exact) mass is 560 g/mol. The highest BCUT2D eigenvalue weighted by Crippen LogP contribution is 2.47. The van der Waals surface area contributed by atoms with Crippen molar-refractivity contribution in [2.75, 3.05) is 16.4 Å². The van der Waals surface area contributed by atoms with E-state index in [-0.39, 0.29) is 19.1 Å². The van der Waals surface area contributed by atoms with Gasteiger partial charge in [0, 0.05) is 34.7 Å².